The molecule has 0 aliphatic carbocycles. The number of hydrogen-bond acceptors (Lipinski definition) is 6. The molecule has 9 nitrogen and oxygen atoms in total. The van der Waals surface area contributed by atoms with E-state index in [2.05, 4.69) is 15.0 Å². The number of carbonyl (C=O) groups excluding carboxylic acids is 3. The highest BCUT2D eigenvalue weighted by atomic mass is 19.1. The predicted octanol–water partition coefficient (Wildman–Crippen LogP) is 3.74. The van der Waals surface area contributed by atoms with Crippen LogP contribution in [0.3, 0.4) is 0 Å². The number of carbonyl (C=O) groups is 3. The summed E-state index contributed by atoms with van der Waals surface area (Å²) in [5.41, 5.74) is 9.61. The summed E-state index contributed by atoms with van der Waals surface area (Å²) in [7, 11) is 0. The highest BCUT2D eigenvalue weighted by Crippen LogP contribution is 2.28. The minimum absolute atomic E-state index is 0.0663. The molecule has 1 unspecified atom stereocenters. The van der Waals surface area contributed by atoms with Crippen LogP contribution in [0.4, 0.5) is 4.39 Å². The van der Waals surface area contributed by atoms with Crippen LogP contribution in [0.2, 0.25) is 0 Å². The molecule has 4 heterocycles. The lowest BCUT2D eigenvalue weighted by Crippen LogP contribution is -2.46. The van der Waals surface area contributed by atoms with E-state index in [1.54, 1.807) is 36.1 Å². The minimum atomic E-state index is -1.08. The number of alkyl halides is 1. The van der Waals surface area contributed by atoms with Gasteiger partial charge in [0.05, 0.1) is 18.0 Å². The molecule has 40 heavy (non-hydrogen) atoms. The van der Waals surface area contributed by atoms with Crippen molar-refractivity contribution in [3.05, 3.63) is 77.8 Å². The van der Waals surface area contributed by atoms with Gasteiger partial charge in [-0.1, -0.05) is 12.1 Å². The second-order valence-corrected chi connectivity index (χ2v) is 10.3. The van der Waals surface area contributed by atoms with Gasteiger partial charge >= 0.3 is 0 Å². The molecule has 0 saturated carbocycles. The number of Topliss-reactive ketones (excluding diaryl/α,β-unsaturated/α-hetero) is 1. The third-order valence-corrected chi connectivity index (χ3v) is 7.37. The Balaban J connectivity index is 1.43. The lowest BCUT2D eigenvalue weighted by Gasteiger charge is -2.29. The molecule has 0 spiro atoms. The summed E-state index contributed by atoms with van der Waals surface area (Å²) in [5.74, 6) is -0.469. The second kappa shape index (κ2) is 11.3. The van der Waals surface area contributed by atoms with Crippen molar-refractivity contribution < 1.29 is 18.8 Å². The molecule has 1 fully saturated rings. The average Bonchev–Trinajstić information content (AvgIpc) is 3.15. The van der Waals surface area contributed by atoms with E-state index >= 15 is 0 Å². The number of hydrogen-bond donors (Lipinski definition) is 1. The molecule has 4 aromatic rings. The van der Waals surface area contributed by atoms with Crippen molar-refractivity contribution in [1.29, 1.82) is 0 Å². The van der Waals surface area contributed by atoms with E-state index in [0.717, 1.165) is 16.8 Å². The van der Waals surface area contributed by atoms with Gasteiger partial charge in [0.1, 0.15) is 18.5 Å². The largest absolute Gasteiger partial charge is 0.366 e. The fourth-order valence-corrected chi connectivity index (χ4v) is 5.28. The van der Waals surface area contributed by atoms with Crippen LogP contribution in [0, 0.1) is 13.8 Å². The molecule has 2 N–H and O–H groups in total. The number of pyridine rings is 1. The van der Waals surface area contributed by atoms with Gasteiger partial charge in [0.25, 0.3) is 5.91 Å². The van der Waals surface area contributed by atoms with E-state index in [-0.39, 0.29) is 56.0 Å². The number of fused-ring (bicyclic) bond motifs is 1. The third kappa shape index (κ3) is 5.75. The smallest absolute Gasteiger partial charge is 0.250 e. The van der Waals surface area contributed by atoms with E-state index in [4.69, 9.17) is 5.73 Å². The zero-order valence-corrected chi connectivity index (χ0v) is 22.5. The fraction of sp³-hybridized carbons (Fsp3) is 0.333. The standard InChI is InChI=1S/C30H31FN6O3/c1-18-4-3-5-23(35-18)13-28(38)27-9-7-22(31)10-11-37(27)29(39)17-36-16-25(30(32)40)24-12-20(6-8-26(24)36)21-14-33-19(2)34-15-21/h3-6,8,12,14-16,22,27H,7,9-11,13,17H2,1-2H3,(H2,32,40)/t22?,27-/m0/s1. The van der Waals surface area contributed by atoms with E-state index in [1.165, 1.54) is 4.90 Å². The SMILES string of the molecule is Cc1cccc(CC(=O)[C@@H]2CCC(F)CCN2C(=O)Cn2cc(C(N)=O)c3cc(-c4cnc(C)nc4)ccc32)n1. The number of rotatable bonds is 7. The molecule has 3 aromatic heterocycles. The molecule has 0 radical (unpaired) electrons. The number of amides is 2. The van der Waals surface area contributed by atoms with Crippen molar-refractivity contribution in [2.24, 2.45) is 5.73 Å². The van der Waals surface area contributed by atoms with Gasteiger partial charge in [0, 0.05) is 53.0 Å². The minimum Gasteiger partial charge on any atom is -0.366 e. The van der Waals surface area contributed by atoms with Crippen LogP contribution < -0.4 is 5.73 Å². The number of primary amides is 1. The molecule has 2 atom stereocenters. The van der Waals surface area contributed by atoms with Crippen LogP contribution in [0.1, 0.15) is 46.8 Å². The van der Waals surface area contributed by atoms with E-state index in [1.807, 2.05) is 37.3 Å². The highest BCUT2D eigenvalue weighted by Gasteiger charge is 2.33. The maximum atomic E-state index is 14.4. The maximum absolute atomic E-state index is 14.4. The van der Waals surface area contributed by atoms with Crippen LogP contribution in [-0.2, 0) is 22.6 Å². The van der Waals surface area contributed by atoms with Crippen LogP contribution >= 0.6 is 0 Å². The molecular formula is C30H31FN6O3. The van der Waals surface area contributed by atoms with Gasteiger partial charge in [-0.15, -0.1) is 0 Å². The monoisotopic (exact) mass is 542 g/mol. The molecular weight excluding hydrogens is 511 g/mol. The van der Waals surface area contributed by atoms with Gasteiger partial charge in [-0.25, -0.2) is 14.4 Å². The third-order valence-electron chi connectivity index (χ3n) is 7.37. The molecule has 5 rings (SSSR count). The number of likely N-dealkylation sites (tertiary alicyclic amines) is 1. The molecule has 1 saturated heterocycles. The zero-order chi connectivity index (χ0) is 28.4. The molecule has 1 aromatic carbocycles. The summed E-state index contributed by atoms with van der Waals surface area (Å²) in [6.07, 6.45) is 4.58. The quantitative estimate of drug-likeness (QED) is 0.379. The van der Waals surface area contributed by atoms with Crippen molar-refractivity contribution in [2.75, 3.05) is 6.54 Å². The second-order valence-electron chi connectivity index (χ2n) is 10.3. The Bertz CT molecular complexity index is 1580. The Morgan fingerprint density at radius 3 is 2.52 bits per heavy atom. The summed E-state index contributed by atoms with van der Waals surface area (Å²) < 4.78 is 16.1. The zero-order valence-electron chi connectivity index (χ0n) is 22.5. The summed E-state index contributed by atoms with van der Waals surface area (Å²) in [6, 6.07) is 10.2. The first-order valence-corrected chi connectivity index (χ1v) is 13.3. The first-order chi connectivity index (χ1) is 19.2. The Morgan fingerprint density at radius 2 is 1.80 bits per heavy atom. The molecule has 10 heteroatoms. The number of aryl methyl sites for hydroxylation is 2. The van der Waals surface area contributed by atoms with Crippen molar-refractivity contribution in [1.82, 2.24) is 24.4 Å². The molecule has 0 bridgehead atoms. The Labute approximate surface area is 231 Å². The summed E-state index contributed by atoms with van der Waals surface area (Å²) in [5, 5.41) is 0.594. The number of aromatic nitrogens is 4. The Morgan fingerprint density at radius 1 is 1.02 bits per heavy atom. The first kappa shape index (κ1) is 27.1. The van der Waals surface area contributed by atoms with Crippen LogP contribution in [0.5, 0.6) is 0 Å². The van der Waals surface area contributed by atoms with E-state index in [9.17, 15) is 18.8 Å². The van der Waals surface area contributed by atoms with Crippen LogP contribution in [0.15, 0.2) is 55.0 Å². The Kier molecular flexibility index (Phi) is 7.68. The van der Waals surface area contributed by atoms with Crippen molar-refractivity contribution in [2.45, 2.75) is 58.3 Å². The van der Waals surface area contributed by atoms with Gasteiger partial charge in [-0.2, -0.15) is 0 Å². The van der Waals surface area contributed by atoms with Crippen molar-refractivity contribution in [3.8, 4) is 11.1 Å². The topological polar surface area (TPSA) is 124 Å². The molecule has 206 valence electrons. The number of ketones is 1. The molecule has 2 amide bonds. The van der Waals surface area contributed by atoms with Gasteiger partial charge in [0.15, 0.2) is 5.78 Å². The van der Waals surface area contributed by atoms with Gasteiger partial charge in [0.2, 0.25) is 5.91 Å². The fourth-order valence-electron chi connectivity index (χ4n) is 5.28. The van der Waals surface area contributed by atoms with E-state index < -0.39 is 18.1 Å². The number of benzene rings is 1. The van der Waals surface area contributed by atoms with Gasteiger partial charge in [-0.3, -0.25) is 19.4 Å². The number of halogens is 1. The van der Waals surface area contributed by atoms with Gasteiger partial charge in [-0.05, 0) is 62.9 Å². The van der Waals surface area contributed by atoms with Crippen molar-refractivity contribution >= 4 is 28.5 Å². The molecule has 1 aliphatic heterocycles. The summed E-state index contributed by atoms with van der Waals surface area (Å²) in [6.45, 7) is 3.66. The molecule has 1 aliphatic rings. The Hall–Kier alpha value is -4.47. The highest BCUT2D eigenvalue weighted by molar-refractivity contribution is 6.07. The maximum Gasteiger partial charge on any atom is 0.250 e. The number of nitrogens with zero attached hydrogens (tertiary/aromatic N) is 5. The first-order valence-electron chi connectivity index (χ1n) is 13.3. The summed E-state index contributed by atoms with van der Waals surface area (Å²) in [4.78, 5) is 53.8. The lowest BCUT2D eigenvalue weighted by molar-refractivity contribution is -0.139. The average molecular weight is 543 g/mol. The van der Waals surface area contributed by atoms with Crippen LogP contribution in [-0.4, -0.2) is 60.8 Å². The van der Waals surface area contributed by atoms with Crippen LogP contribution in [0.25, 0.3) is 22.0 Å². The predicted molar refractivity (Wildman–Crippen MR) is 148 cm³/mol. The number of nitrogens with two attached hydrogens (primary N) is 1. The lowest BCUT2D eigenvalue weighted by atomic mass is 10.0. The van der Waals surface area contributed by atoms with Gasteiger partial charge < -0.3 is 15.2 Å². The normalized spacial score (nSPS) is 17.5. The van der Waals surface area contributed by atoms with Crippen molar-refractivity contribution in [3.63, 3.8) is 0 Å². The summed E-state index contributed by atoms with van der Waals surface area (Å²) >= 11 is 0. The van der Waals surface area contributed by atoms with E-state index in [0.29, 0.717) is 22.4 Å².